The van der Waals surface area contributed by atoms with Crippen LogP contribution in [0.5, 0.6) is 0 Å². The molecule has 2 aliphatic carbocycles. The van der Waals surface area contributed by atoms with Crippen LogP contribution in [-0.2, 0) is 4.74 Å². The quantitative estimate of drug-likeness (QED) is 0.599. The summed E-state index contributed by atoms with van der Waals surface area (Å²) < 4.78 is 6.13. The van der Waals surface area contributed by atoms with E-state index < -0.39 is 0 Å². The van der Waals surface area contributed by atoms with Gasteiger partial charge in [0.2, 0.25) is 0 Å². The third-order valence-corrected chi connectivity index (χ3v) is 5.77. The summed E-state index contributed by atoms with van der Waals surface area (Å²) in [5.41, 5.74) is 3.86. The lowest BCUT2D eigenvalue weighted by Gasteiger charge is -2.41. The van der Waals surface area contributed by atoms with Crippen molar-refractivity contribution in [1.29, 1.82) is 0 Å². The van der Waals surface area contributed by atoms with Crippen LogP contribution >= 0.6 is 0 Å². The molecule has 3 N–H and O–H groups in total. The third-order valence-electron chi connectivity index (χ3n) is 5.77. The Morgan fingerprint density at radius 1 is 1.22 bits per heavy atom. The van der Waals surface area contributed by atoms with Gasteiger partial charge < -0.3 is 4.74 Å². The zero-order chi connectivity index (χ0) is 12.8. The number of hydrazine groups is 1. The first-order chi connectivity index (χ1) is 8.56. The second-order valence-electron chi connectivity index (χ2n) is 7.48. The van der Waals surface area contributed by atoms with Crippen molar-refractivity contribution in [2.24, 2.45) is 23.1 Å². The van der Waals surface area contributed by atoms with Gasteiger partial charge in [0.15, 0.2) is 0 Å². The van der Waals surface area contributed by atoms with Gasteiger partial charge in [0.1, 0.15) is 0 Å². The van der Waals surface area contributed by atoms with Crippen LogP contribution in [0.1, 0.15) is 58.8 Å². The summed E-state index contributed by atoms with van der Waals surface area (Å²) in [6.07, 6.45) is 8.98. The van der Waals surface area contributed by atoms with E-state index in [1.54, 1.807) is 0 Å². The molecule has 0 amide bonds. The number of hydrogen-bond donors (Lipinski definition) is 2. The van der Waals surface area contributed by atoms with E-state index in [0.717, 1.165) is 12.5 Å². The average Bonchev–Trinajstić information content (AvgIpc) is 2.74. The SMILES string of the molecule is CC1(C)CC1C(NN)C1CCOC2(CCCC2)C1. The molecule has 0 aromatic rings. The Morgan fingerprint density at radius 3 is 2.44 bits per heavy atom. The molecule has 1 saturated heterocycles. The number of nitrogens with one attached hydrogen (secondary N) is 1. The van der Waals surface area contributed by atoms with Gasteiger partial charge in [-0.1, -0.05) is 26.7 Å². The maximum Gasteiger partial charge on any atom is 0.0685 e. The third kappa shape index (κ3) is 2.21. The fourth-order valence-electron chi connectivity index (χ4n) is 4.44. The molecule has 104 valence electrons. The van der Waals surface area contributed by atoms with Crippen molar-refractivity contribution in [2.45, 2.75) is 70.4 Å². The first kappa shape index (κ1) is 12.9. The minimum absolute atomic E-state index is 0.219. The van der Waals surface area contributed by atoms with E-state index in [1.807, 2.05) is 0 Å². The Labute approximate surface area is 111 Å². The van der Waals surface area contributed by atoms with Crippen molar-refractivity contribution >= 4 is 0 Å². The highest BCUT2D eigenvalue weighted by Crippen LogP contribution is 2.56. The topological polar surface area (TPSA) is 47.3 Å². The maximum atomic E-state index is 6.13. The van der Waals surface area contributed by atoms with E-state index in [4.69, 9.17) is 10.6 Å². The molecule has 0 bridgehead atoms. The number of hydrogen-bond acceptors (Lipinski definition) is 3. The smallest absolute Gasteiger partial charge is 0.0685 e. The molecule has 3 atom stereocenters. The molecule has 3 nitrogen and oxygen atoms in total. The van der Waals surface area contributed by atoms with Crippen molar-refractivity contribution in [3.05, 3.63) is 0 Å². The molecule has 2 saturated carbocycles. The predicted octanol–water partition coefficient (Wildman–Crippen LogP) is 2.60. The zero-order valence-electron chi connectivity index (χ0n) is 11.9. The molecular weight excluding hydrogens is 224 g/mol. The molecule has 3 fully saturated rings. The first-order valence-electron chi connectivity index (χ1n) is 7.66. The summed E-state index contributed by atoms with van der Waals surface area (Å²) >= 11 is 0. The average molecular weight is 252 g/mol. The van der Waals surface area contributed by atoms with Gasteiger partial charge in [-0.15, -0.1) is 0 Å². The van der Waals surface area contributed by atoms with Gasteiger partial charge in [0.25, 0.3) is 0 Å². The summed E-state index contributed by atoms with van der Waals surface area (Å²) in [7, 11) is 0. The first-order valence-corrected chi connectivity index (χ1v) is 7.66. The lowest BCUT2D eigenvalue weighted by atomic mass is 9.78. The Hall–Kier alpha value is -0.120. The predicted molar refractivity (Wildman–Crippen MR) is 72.9 cm³/mol. The van der Waals surface area contributed by atoms with Crippen molar-refractivity contribution in [1.82, 2.24) is 5.43 Å². The van der Waals surface area contributed by atoms with Crippen LogP contribution in [0.4, 0.5) is 0 Å². The summed E-state index contributed by atoms with van der Waals surface area (Å²) in [5, 5.41) is 0. The molecule has 1 aliphatic heterocycles. The van der Waals surface area contributed by atoms with Crippen LogP contribution in [0.25, 0.3) is 0 Å². The van der Waals surface area contributed by atoms with Crippen LogP contribution in [0, 0.1) is 17.3 Å². The molecule has 18 heavy (non-hydrogen) atoms. The largest absolute Gasteiger partial charge is 0.375 e. The molecule has 3 heteroatoms. The van der Waals surface area contributed by atoms with Crippen LogP contribution < -0.4 is 11.3 Å². The highest BCUT2D eigenvalue weighted by molar-refractivity contribution is 5.05. The van der Waals surface area contributed by atoms with Gasteiger partial charge in [-0.2, -0.15) is 0 Å². The summed E-state index contributed by atoms with van der Waals surface area (Å²) in [6.45, 7) is 5.68. The van der Waals surface area contributed by atoms with E-state index in [1.165, 1.54) is 44.9 Å². The van der Waals surface area contributed by atoms with E-state index >= 15 is 0 Å². The monoisotopic (exact) mass is 252 g/mol. The second kappa shape index (κ2) is 4.46. The molecule has 3 unspecified atom stereocenters. The van der Waals surface area contributed by atoms with Crippen LogP contribution in [-0.4, -0.2) is 18.2 Å². The van der Waals surface area contributed by atoms with E-state index in [0.29, 0.717) is 17.4 Å². The van der Waals surface area contributed by atoms with Gasteiger partial charge in [-0.05, 0) is 49.4 Å². The Kier molecular flexibility index (Phi) is 3.20. The van der Waals surface area contributed by atoms with E-state index in [9.17, 15) is 0 Å². The van der Waals surface area contributed by atoms with Crippen molar-refractivity contribution in [2.75, 3.05) is 6.61 Å². The highest BCUT2D eigenvalue weighted by atomic mass is 16.5. The maximum absolute atomic E-state index is 6.13. The second-order valence-corrected chi connectivity index (χ2v) is 7.48. The summed E-state index contributed by atoms with van der Waals surface area (Å²) in [4.78, 5) is 0. The standard InChI is InChI=1S/C15H28N2O/c1-14(2)10-12(14)13(17-16)11-5-8-18-15(9-11)6-3-4-7-15/h11-13,17H,3-10,16H2,1-2H3. The van der Waals surface area contributed by atoms with Crippen molar-refractivity contribution in [3.8, 4) is 0 Å². The van der Waals surface area contributed by atoms with Crippen molar-refractivity contribution < 1.29 is 4.74 Å². The fourth-order valence-corrected chi connectivity index (χ4v) is 4.44. The van der Waals surface area contributed by atoms with Crippen LogP contribution in [0.15, 0.2) is 0 Å². The molecule has 3 aliphatic rings. The van der Waals surface area contributed by atoms with Crippen LogP contribution in [0.2, 0.25) is 0 Å². The fraction of sp³-hybridized carbons (Fsp3) is 1.00. The summed E-state index contributed by atoms with van der Waals surface area (Å²) in [6, 6.07) is 0.501. The summed E-state index contributed by atoms with van der Waals surface area (Å²) in [5.74, 6) is 7.35. The lowest BCUT2D eigenvalue weighted by molar-refractivity contribution is -0.0995. The molecule has 1 spiro atoms. The van der Waals surface area contributed by atoms with Gasteiger partial charge in [-0.25, -0.2) is 0 Å². The Balaban J connectivity index is 1.67. The van der Waals surface area contributed by atoms with Gasteiger partial charge in [-0.3, -0.25) is 11.3 Å². The van der Waals surface area contributed by atoms with Crippen LogP contribution in [0.3, 0.4) is 0 Å². The minimum atomic E-state index is 0.219. The molecule has 0 radical (unpaired) electrons. The zero-order valence-corrected chi connectivity index (χ0v) is 11.9. The number of ether oxygens (including phenoxy) is 1. The van der Waals surface area contributed by atoms with E-state index in [2.05, 4.69) is 19.3 Å². The Bertz CT molecular complexity index is 310. The van der Waals surface area contributed by atoms with Gasteiger partial charge in [0.05, 0.1) is 5.60 Å². The lowest BCUT2D eigenvalue weighted by Crippen LogP contribution is -2.49. The van der Waals surface area contributed by atoms with Gasteiger partial charge >= 0.3 is 0 Å². The van der Waals surface area contributed by atoms with E-state index in [-0.39, 0.29) is 5.60 Å². The number of nitrogens with two attached hydrogens (primary N) is 1. The molecule has 1 heterocycles. The molecule has 3 rings (SSSR count). The van der Waals surface area contributed by atoms with Gasteiger partial charge in [0, 0.05) is 12.6 Å². The molecule has 0 aromatic heterocycles. The Morgan fingerprint density at radius 2 is 1.89 bits per heavy atom. The molecule has 0 aromatic carbocycles. The minimum Gasteiger partial charge on any atom is -0.375 e. The molecular formula is C15H28N2O. The highest BCUT2D eigenvalue weighted by Gasteiger charge is 2.53. The number of rotatable bonds is 3. The van der Waals surface area contributed by atoms with Crippen molar-refractivity contribution in [3.63, 3.8) is 0 Å². The normalized spacial score (nSPS) is 38.8.